The van der Waals surface area contributed by atoms with Crippen molar-refractivity contribution >= 4 is 17.5 Å². The predicted molar refractivity (Wildman–Crippen MR) is 68.7 cm³/mol. The molecule has 0 heterocycles. The van der Waals surface area contributed by atoms with E-state index in [1.807, 2.05) is 0 Å². The summed E-state index contributed by atoms with van der Waals surface area (Å²) in [5.41, 5.74) is 0. The number of hydrogen-bond acceptors (Lipinski definition) is 1. The third-order valence-electron chi connectivity index (χ3n) is 3.55. The third kappa shape index (κ3) is 5.74. The monoisotopic (exact) mass is 245 g/mol. The van der Waals surface area contributed by atoms with Crippen LogP contribution in [0.5, 0.6) is 0 Å². The number of amides is 1. The summed E-state index contributed by atoms with van der Waals surface area (Å²) in [5.74, 6) is 2.48. The van der Waals surface area contributed by atoms with Crippen LogP contribution in [0.1, 0.15) is 51.9 Å². The summed E-state index contributed by atoms with van der Waals surface area (Å²) in [4.78, 5) is 11.3. The van der Waals surface area contributed by atoms with Gasteiger partial charge in [-0.15, -0.1) is 11.6 Å². The molecule has 94 valence electrons. The Morgan fingerprint density at radius 1 is 1.31 bits per heavy atom. The number of hydrogen-bond donors (Lipinski definition) is 1. The molecule has 0 aliphatic heterocycles. The Balaban J connectivity index is 2.00. The summed E-state index contributed by atoms with van der Waals surface area (Å²) in [6, 6.07) is 0. The minimum atomic E-state index is 0.157. The third-order valence-corrected chi connectivity index (χ3v) is 3.81. The smallest absolute Gasteiger partial charge is 0.220 e. The van der Waals surface area contributed by atoms with Gasteiger partial charge in [-0.3, -0.25) is 4.79 Å². The standard InChI is InChI=1S/C13H24ClNO/c1-11-4-6-12(7-5-11)8-10-15-13(16)3-2-9-14/h11-12H,2-10H2,1H3,(H,15,16). The highest BCUT2D eigenvalue weighted by molar-refractivity contribution is 6.17. The van der Waals surface area contributed by atoms with Crippen LogP contribution in [0.2, 0.25) is 0 Å². The van der Waals surface area contributed by atoms with Gasteiger partial charge in [0.25, 0.3) is 0 Å². The largest absolute Gasteiger partial charge is 0.356 e. The lowest BCUT2D eigenvalue weighted by molar-refractivity contribution is -0.121. The van der Waals surface area contributed by atoms with Crippen LogP contribution in [0, 0.1) is 11.8 Å². The molecular formula is C13H24ClNO. The quantitative estimate of drug-likeness (QED) is 0.715. The van der Waals surface area contributed by atoms with Crippen molar-refractivity contribution in [3.63, 3.8) is 0 Å². The summed E-state index contributed by atoms with van der Waals surface area (Å²) in [6.07, 6.45) is 7.94. The summed E-state index contributed by atoms with van der Waals surface area (Å²) < 4.78 is 0. The van der Waals surface area contributed by atoms with E-state index in [9.17, 15) is 4.79 Å². The maximum atomic E-state index is 11.3. The molecule has 0 bridgehead atoms. The lowest BCUT2D eigenvalue weighted by Gasteiger charge is -2.26. The molecule has 1 aliphatic rings. The van der Waals surface area contributed by atoms with Crippen molar-refractivity contribution in [3.05, 3.63) is 0 Å². The molecule has 3 heteroatoms. The first-order valence-electron chi connectivity index (χ1n) is 6.55. The van der Waals surface area contributed by atoms with Gasteiger partial charge in [0.15, 0.2) is 0 Å². The van der Waals surface area contributed by atoms with Crippen molar-refractivity contribution in [2.45, 2.75) is 51.9 Å². The number of carbonyl (C=O) groups excluding carboxylic acids is 1. The molecule has 0 radical (unpaired) electrons. The highest BCUT2D eigenvalue weighted by Crippen LogP contribution is 2.29. The molecule has 0 aromatic rings. The van der Waals surface area contributed by atoms with Gasteiger partial charge in [0.05, 0.1) is 0 Å². The number of rotatable bonds is 6. The highest BCUT2D eigenvalue weighted by Gasteiger charge is 2.17. The Morgan fingerprint density at radius 3 is 2.62 bits per heavy atom. The first-order chi connectivity index (χ1) is 7.72. The van der Waals surface area contributed by atoms with Crippen LogP contribution in [0.4, 0.5) is 0 Å². The summed E-state index contributed by atoms with van der Waals surface area (Å²) in [6.45, 7) is 3.18. The van der Waals surface area contributed by atoms with Crippen LogP contribution >= 0.6 is 11.6 Å². The summed E-state index contributed by atoms with van der Waals surface area (Å²) >= 11 is 5.54. The van der Waals surface area contributed by atoms with Crippen molar-refractivity contribution in [1.29, 1.82) is 0 Å². The molecule has 16 heavy (non-hydrogen) atoms. The second kappa shape index (κ2) is 7.94. The Morgan fingerprint density at radius 2 is 2.00 bits per heavy atom. The van der Waals surface area contributed by atoms with Gasteiger partial charge in [0.1, 0.15) is 0 Å². The minimum Gasteiger partial charge on any atom is -0.356 e. The zero-order chi connectivity index (χ0) is 11.8. The van der Waals surface area contributed by atoms with Gasteiger partial charge < -0.3 is 5.32 Å². The van der Waals surface area contributed by atoms with Gasteiger partial charge in [-0.25, -0.2) is 0 Å². The Kier molecular flexibility index (Phi) is 6.86. The first kappa shape index (κ1) is 13.8. The second-order valence-electron chi connectivity index (χ2n) is 5.06. The molecule has 2 nitrogen and oxygen atoms in total. The molecule has 1 amide bonds. The average molecular weight is 246 g/mol. The SMILES string of the molecule is CC1CCC(CCNC(=O)CCCCl)CC1. The molecule has 0 unspecified atom stereocenters. The van der Waals surface area contributed by atoms with E-state index >= 15 is 0 Å². The summed E-state index contributed by atoms with van der Waals surface area (Å²) in [7, 11) is 0. The van der Waals surface area contributed by atoms with E-state index in [1.165, 1.54) is 25.7 Å². The molecule has 0 aromatic carbocycles. The van der Waals surface area contributed by atoms with Crippen LogP contribution in [0.3, 0.4) is 0 Å². The predicted octanol–water partition coefficient (Wildman–Crippen LogP) is 3.34. The van der Waals surface area contributed by atoms with E-state index in [0.717, 1.165) is 31.2 Å². The fourth-order valence-corrected chi connectivity index (χ4v) is 2.48. The fourth-order valence-electron chi connectivity index (χ4n) is 2.35. The Bertz CT molecular complexity index is 200. The molecule has 0 saturated heterocycles. The first-order valence-corrected chi connectivity index (χ1v) is 7.08. The van der Waals surface area contributed by atoms with Crippen molar-refractivity contribution in [1.82, 2.24) is 5.32 Å². The number of halogens is 1. The van der Waals surface area contributed by atoms with E-state index in [-0.39, 0.29) is 5.91 Å². The molecule has 1 saturated carbocycles. The van der Waals surface area contributed by atoms with Crippen LogP contribution in [-0.2, 0) is 4.79 Å². The molecule has 1 fully saturated rings. The normalized spacial score (nSPS) is 25.4. The van der Waals surface area contributed by atoms with Gasteiger partial charge in [-0.2, -0.15) is 0 Å². The van der Waals surface area contributed by atoms with Gasteiger partial charge in [0.2, 0.25) is 5.91 Å². The van der Waals surface area contributed by atoms with Crippen molar-refractivity contribution < 1.29 is 4.79 Å². The van der Waals surface area contributed by atoms with E-state index in [0.29, 0.717) is 12.3 Å². The molecular weight excluding hydrogens is 222 g/mol. The van der Waals surface area contributed by atoms with E-state index in [2.05, 4.69) is 12.2 Å². The maximum absolute atomic E-state index is 11.3. The highest BCUT2D eigenvalue weighted by atomic mass is 35.5. The van der Waals surface area contributed by atoms with Gasteiger partial charge >= 0.3 is 0 Å². The molecule has 1 rings (SSSR count). The molecule has 1 aliphatic carbocycles. The zero-order valence-electron chi connectivity index (χ0n) is 10.3. The van der Waals surface area contributed by atoms with E-state index in [1.54, 1.807) is 0 Å². The van der Waals surface area contributed by atoms with E-state index < -0.39 is 0 Å². The summed E-state index contributed by atoms with van der Waals surface area (Å²) in [5, 5.41) is 2.98. The van der Waals surface area contributed by atoms with Crippen LogP contribution in [0.25, 0.3) is 0 Å². The average Bonchev–Trinajstić information content (AvgIpc) is 2.29. The Hall–Kier alpha value is -0.240. The van der Waals surface area contributed by atoms with Crippen LogP contribution in [0.15, 0.2) is 0 Å². The van der Waals surface area contributed by atoms with Crippen molar-refractivity contribution in [2.24, 2.45) is 11.8 Å². The van der Waals surface area contributed by atoms with Gasteiger partial charge in [0, 0.05) is 18.8 Å². The topological polar surface area (TPSA) is 29.1 Å². The van der Waals surface area contributed by atoms with Gasteiger partial charge in [-0.1, -0.05) is 32.6 Å². The molecule has 0 spiro atoms. The van der Waals surface area contributed by atoms with Crippen molar-refractivity contribution in [2.75, 3.05) is 12.4 Å². The molecule has 1 N–H and O–H groups in total. The second-order valence-corrected chi connectivity index (χ2v) is 5.44. The number of alkyl halides is 1. The maximum Gasteiger partial charge on any atom is 0.220 e. The Labute approximate surface area is 104 Å². The van der Waals surface area contributed by atoms with Gasteiger partial charge in [-0.05, 0) is 24.7 Å². The zero-order valence-corrected chi connectivity index (χ0v) is 11.1. The number of carbonyl (C=O) groups is 1. The van der Waals surface area contributed by atoms with Crippen LogP contribution in [-0.4, -0.2) is 18.3 Å². The van der Waals surface area contributed by atoms with Crippen molar-refractivity contribution in [3.8, 4) is 0 Å². The van der Waals surface area contributed by atoms with Crippen LogP contribution < -0.4 is 5.32 Å². The lowest BCUT2D eigenvalue weighted by atomic mass is 9.81. The minimum absolute atomic E-state index is 0.157. The fraction of sp³-hybridized carbons (Fsp3) is 0.923. The van der Waals surface area contributed by atoms with E-state index in [4.69, 9.17) is 11.6 Å². The number of nitrogens with one attached hydrogen (secondary N) is 1. The molecule has 0 atom stereocenters. The molecule has 0 aromatic heterocycles. The lowest BCUT2D eigenvalue weighted by Crippen LogP contribution is -2.26.